The second-order valence-electron chi connectivity index (χ2n) is 5.61. The maximum atomic E-state index is 12.4. The number of nitrogens with zero attached hydrogens (tertiary/aromatic N) is 1. The minimum atomic E-state index is -0.355. The van der Waals surface area contributed by atoms with E-state index in [0.29, 0.717) is 27.7 Å². The molecule has 3 rings (SSSR count). The molecule has 3 amide bonds. The van der Waals surface area contributed by atoms with Crippen LogP contribution >= 0.6 is 11.6 Å². The molecule has 0 saturated carbocycles. The van der Waals surface area contributed by atoms with E-state index in [9.17, 15) is 14.4 Å². The van der Waals surface area contributed by atoms with Crippen LogP contribution in [0, 0.1) is 0 Å². The van der Waals surface area contributed by atoms with Crippen LogP contribution in [0.5, 0.6) is 5.75 Å². The molecule has 2 aromatic carbocycles. The summed E-state index contributed by atoms with van der Waals surface area (Å²) in [5.74, 6) is -0.294. The Labute approximate surface area is 154 Å². The van der Waals surface area contributed by atoms with Gasteiger partial charge in [0.05, 0.1) is 18.5 Å². The average molecular weight is 374 g/mol. The van der Waals surface area contributed by atoms with Crippen LogP contribution in [0.25, 0.3) is 0 Å². The summed E-state index contributed by atoms with van der Waals surface area (Å²) in [4.78, 5) is 35.8. The van der Waals surface area contributed by atoms with Gasteiger partial charge in [-0.05, 0) is 42.5 Å². The first-order valence-corrected chi connectivity index (χ1v) is 8.23. The zero-order valence-corrected chi connectivity index (χ0v) is 14.7. The Bertz CT molecular complexity index is 867. The van der Waals surface area contributed by atoms with Gasteiger partial charge < -0.3 is 10.1 Å². The van der Waals surface area contributed by atoms with Gasteiger partial charge in [-0.25, -0.2) is 5.01 Å². The molecule has 0 spiro atoms. The molecule has 26 heavy (non-hydrogen) atoms. The van der Waals surface area contributed by atoms with Gasteiger partial charge in [0.1, 0.15) is 5.75 Å². The Balaban J connectivity index is 1.76. The van der Waals surface area contributed by atoms with Crippen LogP contribution in [0.1, 0.15) is 23.2 Å². The summed E-state index contributed by atoms with van der Waals surface area (Å²) in [7, 11) is 1.50. The molecule has 1 fully saturated rings. The van der Waals surface area contributed by atoms with Gasteiger partial charge in [-0.15, -0.1) is 0 Å². The molecule has 0 radical (unpaired) electrons. The summed E-state index contributed by atoms with van der Waals surface area (Å²) >= 11 is 5.96. The van der Waals surface area contributed by atoms with Gasteiger partial charge in [-0.2, -0.15) is 0 Å². The molecular formula is C18H16ClN3O4. The van der Waals surface area contributed by atoms with Gasteiger partial charge in [-0.3, -0.25) is 19.8 Å². The van der Waals surface area contributed by atoms with E-state index in [1.54, 1.807) is 42.5 Å². The Morgan fingerprint density at radius 1 is 1.15 bits per heavy atom. The molecule has 2 aromatic rings. The molecule has 1 heterocycles. The number of carbonyl (C=O) groups is 3. The van der Waals surface area contributed by atoms with Crippen LogP contribution in [0.2, 0.25) is 5.02 Å². The molecule has 2 N–H and O–H groups in total. The number of nitrogens with one attached hydrogen (secondary N) is 2. The minimum Gasteiger partial charge on any atom is -0.495 e. The van der Waals surface area contributed by atoms with Crippen molar-refractivity contribution >= 4 is 40.7 Å². The Kier molecular flexibility index (Phi) is 5.09. The van der Waals surface area contributed by atoms with Crippen LogP contribution in [0.3, 0.4) is 0 Å². The summed E-state index contributed by atoms with van der Waals surface area (Å²) in [6, 6.07) is 11.2. The summed E-state index contributed by atoms with van der Waals surface area (Å²) in [5, 5.41) is 4.39. The maximum Gasteiger partial charge on any atom is 0.255 e. The van der Waals surface area contributed by atoms with Crippen molar-refractivity contribution < 1.29 is 19.1 Å². The number of methoxy groups -OCH3 is 1. The fourth-order valence-corrected chi connectivity index (χ4v) is 2.69. The molecule has 0 bridgehead atoms. The van der Waals surface area contributed by atoms with Gasteiger partial charge >= 0.3 is 0 Å². The summed E-state index contributed by atoms with van der Waals surface area (Å²) in [6.45, 7) is 0. The molecule has 0 atom stereocenters. The fourth-order valence-electron chi connectivity index (χ4n) is 2.52. The lowest BCUT2D eigenvalue weighted by atomic mass is 10.1. The second kappa shape index (κ2) is 7.45. The van der Waals surface area contributed by atoms with Crippen molar-refractivity contribution in [2.24, 2.45) is 0 Å². The standard InChI is InChI=1S/C18H16ClN3O4/c1-26-15-7-4-12(19)10-14(15)20-18(25)11-2-5-13(6-3-11)22-17(24)9-8-16(23)21-22/h2-7,10H,8-9H2,1H3,(H,20,25)(H,21,23). The third-order valence-corrected chi connectivity index (χ3v) is 4.08. The molecule has 1 aliphatic rings. The molecule has 1 aliphatic heterocycles. The zero-order chi connectivity index (χ0) is 18.7. The van der Waals surface area contributed by atoms with Crippen molar-refractivity contribution in [3.8, 4) is 5.75 Å². The highest BCUT2D eigenvalue weighted by atomic mass is 35.5. The lowest BCUT2D eigenvalue weighted by Crippen LogP contribution is -2.50. The number of amides is 3. The lowest BCUT2D eigenvalue weighted by molar-refractivity contribution is -0.130. The van der Waals surface area contributed by atoms with Crippen LogP contribution in [-0.2, 0) is 9.59 Å². The molecule has 0 unspecified atom stereocenters. The van der Waals surface area contributed by atoms with Gasteiger partial charge in [0.15, 0.2) is 0 Å². The Hall–Kier alpha value is -3.06. The first-order chi connectivity index (χ1) is 12.5. The highest BCUT2D eigenvalue weighted by Gasteiger charge is 2.24. The van der Waals surface area contributed by atoms with E-state index in [4.69, 9.17) is 16.3 Å². The number of benzene rings is 2. The Morgan fingerprint density at radius 2 is 1.88 bits per heavy atom. The molecular weight excluding hydrogens is 358 g/mol. The van der Waals surface area contributed by atoms with Gasteiger partial charge in [0.2, 0.25) is 11.8 Å². The molecule has 8 heteroatoms. The molecule has 7 nitrogen and oxygen atoms in total. The van der Waals surface area contributed by atoms with E-state index in [0.717, 1.165) is 0 Å². The predicted molar refractivity (Wildman–Crippen MR) is 97.3 cm³/mol. The number of ether oxygens (including phenoxy) is 1. The number of halogens is 1. The van der Waals surface area contributed by atoms with Crippen molar-refractivity contribution in [1.82, 2.24) is 5.43 Å². The summed E-state index contributed by atoms with van der Waals surface area (Å²) in [6.07, 6.45) is 0.333. The number of hydrazine groups is 1. The number of carbonyl (C=O) groups excluding carboxylic acids is 3. The lowest BCUT2D eigenvalue weighted by Gasteiger charge is -2.27. The minimum absolute atomic E-state index is 0.155. The predicted octanol–water partition coefficient (Wildman–Crippen LogP) is 2.76. The van der Waals surface area contributed by atoms with E-state index in [1.807, 2.05) is 0 Å². The van der Waals surface area contributed by atoms with Crippen molar-refractivity contribution in [2.75, 3.05) is 17.4 Å². The summed E-state index contributed by atoms with van der Waals surface area (Å²) < 4.78 is 5.20. The van der Waals surface area contributed by atoms with Crippen molar-refractivity contribution in [1.29, 1.82) is 0 Å². The normalized spacial score (nSPS) is 14.0. The van der Waals surface area contributed by atoms with E-state index >= 15 is 0 Å². The third kappa shape index (κ3) is 3.78. The van der Waals surface area contributed by atoms with E-state index in [2.05, 4.69) is 10.7 Å². The zero-order valence-electron chi connectivity index (χ0n) is 13.9. The summed E-state index contributed by atoms with van der Waals surface area (Å²) in [5.41, 5.74) is 3.82. The number of hydrogen-bond acceptors (Lipinski definition) is 4. The average Bonchev–Trinajstić information content (AvgIpc) is 2.64. The highest BCUT2D eigenvalue weighted by Crippen LogP contribution is 2.28. The highest BCUT2D eigenvalue weighted by molar-refractivity contribution is 6.31. The smallest absolute Gasteiger partial charge is 0.255 e. The van der Waals surface area contributed by atoms with Crippen molar-refractivity contribution in [2.45, 2.75) is 12.8 Å². The van der Waals surface area contributed by atoms with E-state index in [1.165, 1.54) is 12.1 Å². The SMILES string of the molecule is COc1ccc(Cl)cc1NC(=O)c1ccc(N2NC(=O)CCC2=O)cc1. The van der Waals surface area contributed by atoms with Gasteiger partial charge in [0.25, 0.3) is 5.91 Å². The molecule has 1 saturated heterocycles. The van der Waals surface area contributed by atoms with Gasteiger partial charge in [-0.1, -0.05) is 11.6 Å². The monoisotopic (exact) mass is 373 g/mol. The fraction of sp³-hybridized carbons (Fsp3) is 0.167. The first kappa shape index (κ1) is 17.8. The number of rotatable bonds is 4. The first-order valence-electron chi connectivity index (χ1n) is 7.85. The van der Waals surface area contributed by atoms with E-state index < -0.39 is 0 Å². The maximum absolute atomic E-state index is 12.4. The number of anilines is 2. The number of hydrogen-bond donors (Lipinski definition) is 2. The van der Waals surface area contributed by atoms with Crippen molar-refractivity contribution in [3.63, 3.8) is 0 Å². The van der Waals surface area contributed by atoms with Crippen LogP contribution in [0.4, 0.5) is 11.4 Å². The van der Waals surface area contributed by atoms with Crippen LogP contribution < -0.4 is 20.5 Å². The largest absolute Gasteiger partial charge is 0.495 e. The molecule has 134 valence electrons. The molecule has 0 aliphatic carbocycles. The topological polar surface area (TPSA) is 87.7 Å². The van der Waals surface area contributed by atoms with Crippen LogP contribution in [0.15, 0.2) is 42.5 Å². The van der Waals surface area contributed by atoms with Crippen molar-refractivity contribution in [3.05, 3.63) is 53.1 Å². The molecule has 0 aromatic heterocycles. The van der Waals surface area contributed by atoms with Gasteiger partial charge in [0, 0.05) is 23.4 Å². The quantitative estimate of drug-likeness (QED) is 0.862. The Morgan fingerprint density at radius 3 is 2.58 bits per heavy atom. The third-order valence-electron chi connectivity index (χ3n) is 3.85. The second-order valence-corrected chi connectivity index (χ2v) is 6.05. The van der Waals surface area contributed by atoms with E-state index in [-0.39, 0.29) is 30.6 Å². The van der Waals surface area contributed by atoms with Crippen LogP contribution in [-0.4, -0.2) is 24.8 Å².